The summed E-state index contributed by atoms with van der Waals surface area (Å²) >= 11 is 5.55. The van der Waals surface area contributed by atoms with Gasteiger partial charge in [-0.2, -0.15) is 5.21 Å². The number of nitrogens with one attached hydrogen (secondary N) is 2. The van der Waals surface area contributed by atoms with Crippen molar-refractivity contribution in [2.24, 2.45) is 0 Å². The highest BCUT2D eigenvalue weighted by atomic mass is 35.5. The van der Waals surface area contributed by atoms with Crippen LogP contribution in [-0.2, 0) is 10.0 Å². The van der Waals surface area contributed by atoms with E-state index < -0.39 is 21.9 Å². The summed E-state index contributed by atoms with van der Waals surface area (Å²) in [5, 5.41) is 12.6. The predicted octanol–water partition coefficient (Wildman–Crippen LogP) is 1.03. The lowest BCUT2D eigenvalue weighted by Crippen LogP contribution is -2.27. The van der Waals surface area contributed by atoms with Gasteiger partial charge in [-0.3, -0.25) is 0 Å². The van der Waals surface area contributed by atoms with Gasteiger partial charge < -0.3 is 0 Å². The number of nitrogens with zero attached hydrogens (tertiary/aromatic N) is 3. The topological polar surface area (TPSA) is 101 Å². The number of hydrogen-bond acceptors (Lipinski definition) is 5. The maximum absolute atomic E-state index is 13.0. The maximum atomic E-state index is 13.0. The summed E-state index contributed by atoms with van der Waals surface area (Å²) in [5.41, 5.74) is 0. The van der Waals surface area contributed by atoms with Crippen LogP contribution in [-0.4, -0.2) is 29.0 Å². The van der Waals surface area contributed by atoms with Gasteiger partial charge in [0.1, 0.15) is 5.82 Å². The van der Waals surface area contributed by atoms with Gasteiger partial charge in [-0.15, -0.1) is 10.2 Å². The summed E-state index contributed by atoms with van der Waals surface area (Å²) in [6.45, 7) is 1.55. The molecule has 1 aromatic heterocycles. The zero-order chi connectivity index (χ0) is 14.0. The first-order valence-corrected chi connectivity index (χ1v) is 6.97. The lowest BCUT2D eigenvalue weighted by atomic mass is 10.3. The molecule has 1 aromatic carbocycles. The molecule has 1 atom stereocenters. The van der Waals surface area contributed by atoms with E-state index >= 15 is 0 Å². The molecule has 0 fully saturated rings. The second-order valence-electron chi connectivity index (χ2n) is 3.69. The third-order valence-electron chi connectivity index (χ3n) is 2.28. The second kappa shape index (κ2) is 5.19. The van der Waals surface area contributed by atoms with Crippen LogP contribution in [0.1, 0.15) is 18.8 Å². The van der Waals surface area contributed by atoms with Crippen molar-refractivity contribution >= 4 is 21.6 Å². The molecule has 2 N–H and O–H groups in total. The van der Waals surface area contributed by atoms with Crippen LogP contribution >= 0.6 is 11.6 Å². The molecule has 0 aliphatic carbocycles. The minimum atomic E-state index is -3.85. The molecule has 0 saturated heterocycles. The van der Waals surface area contributed by atoms with E-state index in [2.05, 4.69) is 25.3 Å². The number of H-pyrrole nitrogens is 1. The molecular weight excluding hydrogens is 297 g/mol. The van der Waals surface area contributed by atoms with E-state index in [4.69, 9.17) is 11.6 Å². The van der Waals surface area contributed by atoms with Crippen molar-refractivity contribution in [1.29, 1.82) is 0 Å². The Kier molecular flexibility index (Phi) is 3.78. The Labute approximate surface area is 113 Å². The summed E-state index contributed by atoms with van der Waals surface area (Å²) < 4.78 is 39.4. The fourth-order valence-corrected chi connectivity index (χ4v) is 2.82. The fourth-order valence-electron chi connectivity index (χ4n) is 1.35. The summed E-state index contributed by atoms with van der Waals surface area (Å²) in [6, 6.07) is 2.44. The first-order chi connectivity index (χ1) is 8.90. The molecule has 102 valence electrons. The van der Waals surface area contributed by atoms with Crippen molar-refractivity contribution in [2.45, 2.75) is 17.9 Å². The van der Waals surface area contributed by atoms with E-state index in [0.717, 1.165) is 18.2 Å². The maximum Gasteiger partial charge on any atom is 0.241 e. The quantitative estimate of drug-likeness (QED) is 0.878. The molecular formula is C9H9ClFN5O2S. The second-order valence-corrected chi connectivity index (χ2v) is 5.81. The van der Waals surface area contributed by atoms with E-state index in [9.17, 15) is 12.8 Å². The minimum Gasteiger partial charge on any atom is -0.207 e. The number of aromatic nitrogens is 4. The van der Waals surface area contributed by atoms with Gasteiger partial charge >= 0.3 is 0 Å². The fraction of sp³-hybridized carbons (Fsp3) is 0.222. The third-order valence-corrected chi connectivity index (χ3v) is 4.11. The molecule has 0 saturated carbocycles. The van der Waals surface area contributed by atoms with Gasteiger partial charge in [0, 0.05) is 0 Å². The molecule has 0 amide bonds. The monoisotopic (exact) mass is 305 g/mol. The summed E-state index contributed by atoms with van der Waals surface area (Å²) in [6.07, 6.45) is 0. The number of aromatic amines is 1. The highest BCUT2D eigenvalue weighted by Crippen LogP contribution is 2.20. The van der Waals surface area contributed by atoms with E-state index in [0.29, 0.717) is 0 Å². The van der Waals surface area contributed by atoms with E-state index in [1.54, 1.807) is 6.92 Å². The van der Waals surface area contributed by atoms with Crippen molar-refractivity contribution in [1.82, 2.24) is 25.3 Å². The zero-order valence-electron chi connectivity index (χ0n) is 9.63. The van der Waals surface area contributed by atoms with Crippen LogP contribution in [0.2, 0.25) is 5.02 Å². The number of rotatable bonds is 4. The Bertz CT molecular complexity index is 676. The molecule has 0 aliphatic heterocycles. The standard InChI is InChI=1S/C9H9ClFN5O2S/c1-5(9-12-15-16-13-9)14-19(17,18)6-2-3-8(11)7(10)4-6/h2-5,14H,1H3,(H,12,13,15,16). The third kappa shape index (κ3) is 3.06. The van der Waals surface area contributed by atoms with Crippen LogP contribution in [0.15, 0.2) is 23.1 Å². The lowest BCUT2D eigenvalue weighted by Gasteiger charge is -2.11. The molecule has 2 aromatic rings. The first kappa shape index (κ1) is 13.8. The minimum absolute atomic E-state index is 0.144. The highest BCUT2D eigenvalue weighted by molar-refractivity contribution is 7.89. The molecule has 0 aliphatic rings. The molecule has 0 radical (unpaired) electrons. The van der Waals surface area contributed by atoms with E-state index in [-0.39, 0.29) is 15.7 Å². The summed E-state index contributed by atoms with van der Waals surface area (Å²) in [5.74, 6) is -0.497. The molecule has 10 heteroatoms. The predicted molar refractivity (Wildman–Crippen MR) is 64.3 cm³/mol. The lowest BCUT2D eigenvalue weighted by molar-refractivity contribution is 0.559. The van der Waals surface area contributed by atoms with E-state index in [1.165, 1.54) is 0 Å². The summed E-state index contributed by atoms with van der Waals surface area (Å²) in [4.78, 5) is -0.144. The number of hydrogen-bond donors (Lipinski definition) is 2. The van der Waals surface area contributed by atoms with Gasteiger partial charge in [-0.25, -0.2) is 17.5 Å². The summed E-state index contributed by atoms with van der Waals surface area (Å²) in [7, 11) is -3.85. The average molecular weight is 306 g/mol. The van der Waals surface area contributed by atoms with Crippen LogP contribution in [0.25, 0.3) is 0 Å². The highest BCUT2D eigenvalue weighted by Gasteiger charge is 2.21. The van der Waals surface area contributed by atoms with Crippen LogP contribution in [0.4, 0.5) is 4.39 Å². The number of tetrazole rings is 1. The van der Waals surface area contributed by atoms with Crippen molar-refractivity contribution in [3.63, 3.8) is 0 Å². The van der Waals surface area contributed by atoms with Gasteiger partial charge in [0.2, 0.25) is 10.0 Å². The van der Waals surface area contributed by atoms with Gasteiger partial charge in [0.05, 0.1) is 16.0 Å². The molecule has 2 rings (SSSR count). The van der Waals surface area contributed by atoms with Crippen molar-refractivity contribution in [3.05, 3.63) is 34.9 Å². The van der Waals surface area contributed by atoms with Gasteiger partial charge in [-0.1, -0.05) is 16.8 Å². The van der Waals surface area contributed by atoms with Crippen LogP contribution in [0, 0.1) is 5.82 Å². The Morgan fingerprint density at radius 2 is 2.21 bits per heavy atom. The smallest absolute Gasteiger partial charge is 0.207 e. The zero-order valence-corrected chi connectivity index (χ0v) is 11.2. The molecule has 7 nitrogen and oxygen atoms in total. The number of benzene rings is 1. The number of halogens is 2. The Morgan fingerprint density at radius 1 is 1.47 bits per heavy atom. The van der Waals surface area contributed by atoms with E-state index in [1.807, 2.05) is 0 Å². The Hall–Kier alpha value is -1.58. The largest absolute Gasteiger partial charge is 0.241 e. The van der Waals surface area contributed by atoms with Gasteiger partial charge in [0.15, 0.2) is 5.82 Å². The van der Waals surface area contributed by atoms with Crippen molar-refractivity contribution in [2.75, 3.05) is 0 Å². The van der Waals surface area contributed by atoms with Gasteiger partial charge in [0.25, 0.3) is 0 Å². The normalized spacial score (nSPS) is 13.4. The SMILES string of the molecule is CC(NS(=O)(=O)c1ccc(F)c(Cl)c1)c1nn[nH]n1. The molecule has 1 unspecified atom stereocenters. The molecule has 1 heterocycles. The number of sulfonamides is 1. The van der Waals surface area contributed by atoms with Gasteiger partial charge in [-0.05, 0) is 25.1 Å². The average Bonchev–Trinajstić information content (AvgIpc) is 2.85. The molecule has 0 spiro atoms. The molecule has 0 bridgehead atoms. The first-order valence-electron chi connectivity index (χ1n) is 5.11. The van der Waals surface area contributed by atoms with Crippen LogP contribution < -0.4 is 4.72 Å². The van der Waals surface area contributed by atoms with Crippen molar-refractivity contribution in [3.8, 4) is 0 Å². The van der Waals surface area contributed by atoms with Crippen molar-refractivity contribution < 1.29 is 12.8 Å². The molecule has 19 heavy (non-hydrogen) atoms. The Balaban J connectivity index is 2.25. The van der Waals surface area contributed by atoms with Crippen LogP contribution in [0.5, 0.6) is 0 Å². The Morgan fingerprint density at radius 3 is 2.79 bits per heavy atom. The van der Waals surface area contributed by atoms with Crippen LogP contribution in [0.3, 0.4) is 0 Å².